The van der Waals surface area contributed by atoms with E-state index in [9.17, 15) is 4.79 Å². The van der Waals surface area contributed by atoms with Gasteiger partial charge in [-0.05, 0) is 50.1 Å². The van der Waals surface area contributed by atoms with Crippen LogP contribution in [0.5, 0.6) is 0 Å². The topological polar surface area (TPSA) is 46.3 Å². The second-order valence-electron chi connectivity index (χ2n) is 6.07. The minimum Gasteiger partial charge on any atom is -0.335 e. The lowest BCUT2D eigenvalue weighted by molar-refractivity contribution is -0.137. The lowest BCUT2D eigenvalue weighted by Gasteiger charge is -2.35. The van der Waals surface area contributed by atoms with Crippen LogP contribution in [-0.2, 0) is 11.2 Å². The summed E-state index contributed by atoms with van der Waals surface area (Å²) >= 11 is 1.82. The SMILES string of the molecule is CC(N)CCCC(C)C(=O)N1CCc2sccc2C1C. The zero-order chi connectivity index (χ0) is 14.7. The molecule has 0 saturated carbocycles. The monoisotopic (exact) mass is 294 g/mol. The zero-order valence-corrected chi connectivity index (χ0v) is 13.6. The average Bonchev–Trinajstić information content (AvgIpc) is 2.87. The van der Waals surface area contributed by atoms with Crippen molar-refractivity contribution >= 4 is 17.2 Å². The van der Waals surface area contributed by atoms with Crippen LogP contribution in [0, 0.1) is 5.92 Å². The predicted octanol–water partition coefficient (Wildman–Crippen LogP) is 3.35. The molecule has 4 heteroatoms. The molecule has 0 radical (unpaired) electrons. The molecule has 1 aliphatic heterocycles. The van der Waals surface area contributed by atoms with Gasteiger partial charge in [-0.25, -0.2) is 0 Å². The predicted molar refractivity (Wildman–Crippen MR) is 84.8 cm³/mol. The van der Waals surface area contributed by atoms with Crippen molar-refractivity contribution in [3.05, 3.63) is 21.9 Å². The maximum absolute atomic E-state index is 12.6. The standard InChI is InChI=1S/C16H26N2OS/c1-11(5-4-6-12(2)17)16(19)18-9-7-15-14(13(18)3)8-10-20-15/h8,10-13H,4-7,9,17H2,1-3H3. The van der Waals surface area contributed by atoms with E-state index >= 15 is 0 Å². The molecular formula is C16H26N2OS. The van der Waals surface area contributed by atoms with E-state index < -0.39 is 0 Å². The van der Waals surface area contributed by atoms with Crippen molar-refractivity contribution in [2.75, 3.05) is 6.54 Å². The first-order chi connectivity index (χ1) is 9.50. The van der Waals surface area contributed by atoms with E-state index in [-0.39, 0.29) is 18.0 Å². The van der Waals surface area contributed by atoms with Gasteiger partial charge in [0.15, 0.2) is 0 Å². The third-order valence-corrected chi connectivity index (χ3v) is 5.28. The highest BCUT2D eigenvalue weighted by molar-refractivity contribution is 7.10. The fraction of sp³-hybridized carbons (Fsp3) is 0.688. The minimum absolute atomic E-state index is 0.108. The van der Waals surface area contributed by atoms with Crippen LogP contribution in [0.25, 0.3) is 0 Å². The van der Waals surface area contributed by atoms with Gasteiger partial charge in [0, 0.05) is 23.4 Å². The van der Waals surface area contributed by atoms with E-state index in [1.54, 1.807) is 0 Å². The van der Waals surface area contributed by atoms with Crippen LogP contribution in [0.15, 0.2) is 11.4 Å². The van der Waals surface area contributed by atoms with Crippen LogP contribution in [-0.4, -0.2) is 23.4 Å². The Kier molecular flexibility index (Phi) is 5.22. The van der Waals surface area contributed by atoms with Crippen LogP contribution in [0.1, 0.15) is 56.5 Å². The Labute approximate surface area is 126 Å². The van der Waals surface area contributed by atoms with Crippen molar-refractivity contribution in [1.82, 2.24) is 4.90 Å². The molecule has 2 heterocycles. The average molecular weight is 294 g/mol. The highest BCUT2D eigenvalue weighted by Gasteiger charge is 2.30. The first-order valence-corrected chi connectivity index (χ1v) is 8.51. The van der Waals surface area contributed by atoms with Gasteiger partial charge in [-0.2, -0.15) is 0 Å². The van der Waals surface area contributed by atoms with Gasteiger partial charge < -0.3 is 10.6 Å². The molecule has 2 N–H and O–H groups in total. The lowest BCUT2D eigenvalue weighted by Crippen LogP contribution is -2.41. The molecule has 1 aliphatic rings. The van der Waals surface area contributed by atoms with Crippen LogP contribution in [0.4, 0.5) is 0 Å². The zero-order valence-electron chi connectivity index (χ0n) is 12.8. The highest BCUT2D eigenvalue weighted by atomic mass is 32.1. The van der Waals surface area contributed by atoms with Crippen molar-refractivity contribution in [1.29, 1.82) is 0 Å². The number of amides is 1. The van der Waals surface area contributed by atoms with Crippen molar-refractivity contribution < 1.29 is 4.79 Å². The molecule has 112 valence electrons. The Morgan fingerprint density at radius 1 is 1.50 bits per heavy atom. The van der Waals surface area contributed by atoms with Crippen molar-refractivity contribution in [2.45, 2.75) is 58.5 Å². The Morgan fingerprint density at radius 3 is 2.95 bits per heavy atom. The molecule has 0 saturated heterocycles. The normalized spacial score (nSPS) is 21.4. The van der Waals surface area contributed by atoms with E-state index in [0.717, 1.165) is 32.2 Å². The summed E-state index contributed by atoms with van der Waals surface area (Å²) in [5.41, 5.74) is 7.11. The fourth-order valence-electron chi connectivity index (χ4n) is 2.96. The number of carbonyl (C=O) groups is 1. The quantitative estimate of drug-likeness (QED) is 0.905. The smallest absolute Gasteiger partial charge is 0.225 e. The maximum atomic E-state index is 12.6. The largest absolute Gasteiger partial charge is 0.335 e. The molecule has 0 aromatic carbocycles. The van der Waals surface area contributed by atoms with Gasteiger partial charge in [-0.1, -0.05) is 13.3 Å². The van der Waals surface area contributed by atoms with Gasteiger partial charge >= 0.3 is 0 Å². The number of fused-ring (bicyclic) bond motifs is 1. The van der Waals surface area contributed by atoms with Gasteiger partial charge in [0.2, 0.25) is 5.91 Å². The van der Waals surface area contributed by atoms with Gasteiger partial charge in [0.05, 0.1) is 6.04 Å². The Hall–Kier alpha value is -0.870. The summed E-state index contributed by atoms with van der Waals surface area (Å²) in [5.74, 6) is 0.412. The van der Waals surface area contributed by atoms with Gasteiger partial charge in [0.25, 0.3) is 0 Å². The van der Waals surface area contributed by atoms with E-state index in [1.165, 1.54) is 10.4 Å². The Balaban J connectivity index is 1.93. The molecule has 1 aromatic rings. The lowest BCUT2D eigenvalue weighted by atomic mass is 9.96. The first kappa shape index (κ1) is 15.5. The molecule has 0 spiro atoms. The third kappa shape index (κ3) is 3.41. The number of nitrogens with zero attached hydrogens (tertiary/aromatic N) is 1. The van der Waals surface area contributed by atoms with E-state index in [4.69, 9.17) is 5.73 Å². The molecule has 3 atom stereocenters. The molecular weight excluding hydrogens is 268 g/mol. The minimum atomic E-state index is 0.108. The van der Waals surface area contributed by atoms with E-state index in [2.05, 4.69) is 30.2 Å². The number of rotatable bonds is 5. The van der Waals surface area contributed by atoms with Crippen molar-refractivity contribution in [2.24, 2.45) is 11.7 Å². The molecule has 3 unspecified atom stereocenters. The van der Waals surface area contributed by atoms with Crippen LogP contribution < -0.4 is 5.73 Å². The maximum Gasteiger partial charge on any atom is 0.225 e. The second kappa shape index (κ2) is 6.72. The van der Waals surface area contributed by atoms with Gasteiger partial charge in [0.1, 0.15) is 0 Å². The summed E-state index contributed by atoms with van der Waals surface area (Å²) < 4.78 is 0. The first-order valence-electron chi connectivity index (χ1n) is 7.63. The highest BCUT2D eigenvalue weighted by Crippen LogP contribution is 2.33. The molecule has 1 aromatic heterocycles. The molecule has 3 nitrogen and oxygen atoms in total. The summed E-state index contributed by atoms with van der Waals surface area (Å²) in [6.45, 7) is 7.10. The van der Waals surface area contributed by atoms with E-state index in [0.29, 0.717) is 5.91 Å². The summed E-state index contributed by atoms with van der Waals surface area (Å²) in [6.07, 6.45) is 3.99. The number of hydrogen-bond acceptors (Lipinski definition) is 3. The summed E-state index contributed by atoms with van der Waals surface area (Å²) in [4.78, 5) is 16.1. The van der Waals surface area contributed by atoms with Gasteiger partial charge in [-0.15, -0.1) is 11.3 Å². The molecule has 0 aliphatic carbocycles. The number of thiophene rings is 1. The summed E-state index contributed by atoms with van der Waals surface area (Å²) in [7, 11) is 0. The van der Waals surface area contributed by atoms with Crippen molar-refractivity contribution in [3.8, 4) is 0 Å². The summed E-state index contributed by atoms with van der Waals surface area (Å²) in [6, 6.07) is 2.64. The van der Waals surface area contributed by atoms with Crippen molar-refractivity contribution in [3.63, 3.8) is 0 Å². The van der Waals surface area contributed by atoms with Gasteiger partial charge in [-0.3, -0.25) is 4.79 Å². The third-order valence-electron chi connectivity index (χ3n) is 4.28. The Morgan fingerprint density at radius 2 is 2.25 bits per heavy atom. The van der Waals surface area contributed by atoms with Crippen LogP contribution in [0.3, 0.4) is 0 Å². The number of hydrogen-bond donors (Lipinski definition) is 1. The number of carbonyl (C=O) groups excluding carboxylic acids is 1. The molecule has 1 amide bonds. The molecule has 0 bridgehead atoms. The van der Waals surface area contributed by atoms with E-state index in [1.807, 2.05) is 18.3 Å². The second-order valence-corrected chi connectivity index (χ2v) is 7.07. The Bertz CT molecular complexity index is 455. The van der Waals surface area contributed by atoms with Crippen LogP contribution >= 0.6 is 11.3 Å². The molecule has 0 fully saturated rings. The fourth-order valence-corrected chi connectivity index (χ4v) is 3.93. The van der Waals surface area contributed by atoms with Crippen LogP contribution in [0.2, 0.25) is 0 Å². The summed E-state index contributed by atoms with van der Waals surface area (Å²) in [5, 5.41) is 2.14. The molecule has 2 rings (SSSR count). The molecule has 20 heavy (non-hydrogen) atoms. The number of nitrogens with two attached hydrogens (primary N) is 1.